The maximum absolute atomic E-state index is 4.00. The first-order valence-corrected chi connectivity index (χ1v) is 4.24. The van der Waals surface area contributed by atoms with E-state index in [1.54, 1.807) is 12.4 Å². The van der Waals surface area contributed by atoms with E-state index in [0.29, 0.717) is 0 Å². The minimum Gasteiger partial charge on any atom is -0.269 e. The van der Waals surface area contributed by atoms with Crippen molar-refractivity contribution < 1.29 is 0 Å². The van der Waals surface area contributed by atoms with E-state index in [1.807, 2.05) is 43.3 Å². The predicted molar refractivity (Wildman–Crippen MR) is 59.7 cm³/mol. The molecule has 0 N–H and O–H groups in total. The summed E-state index contributed by atoms with van der Waals surface area (Å²) in [5.41, 5.74) is 2.27. The number of benzene rings is 1. The highest BCUT2D eigenvalue weighted by molar-refractivity contribution is 5.65. The van der Waals surface area contributed by atoms with E-state index in [1.165, 1.54) is 0 Å². The predicted octanol–water partition coefficient (Wildman–Crippen LogP) is 3.39. The van der Waals surface area contributed by atoms with E-state index in [9.17, 15) is 0 Å². The molecule has 1 aromatic carbocycles. The first-order valence-electron chi connectivity index (χ1n) is 4.24. The molecule has 0 aliphatic carbocycles. The van der Waals surface area contributed by atoms with Gasteiger partial charge in [-0.15, -0.1) is 0 Å². The van der Waals surface area contributed by atoms with Crippen LogP contribution in [0, 0.1) is 0 Å². The van der Waals surface area contributed by atoms with Gasteiger partial charge >= 0.3 is 0 Å². The lowest BCUT2D eigenvalue weighted by molar-refractivity contribution is 1.56. The Balaban J connectivity index is 2.93. The first kappa shape index (κ1) is 9.46. The molecule has 0 radical (unpaired) electrons. The third kappa shape index (κ3) is 2.71. The molecule has 0 aliphatic rings. The van der Waals surface area contributed by atoms with E-state index in [2.05, 4.69) is 11.6 Å². The summed E-state index contributed by atoms with van der Waals surface area (Å²) in [5.74, 6) is 0. The molecule has 66 valence electrons. The minimum absolute atomic E-state index is 1.13. The summed E-state index contributed by atoms with van der Waals surface area (Å²) in [6.07, 6.45) is 7.35. The third-order valence-electron chi connectivity index (χ3n) is 1.71. The van der Waals surface area contributed by atoms with Gasteiger partial charge in [-0.1, -0.05) is 36.9 Å². The Bertz CT molecular complexity index is 335. The molecule has 0 aromatic heterocycles. The van der Waals surface area contributed by atoms with Crippen LogP contribution in [0.3, 0.4) is 0 Å². The average molecular weight is 171 g/mol. The van der Waals surface area contributed by atoms with Gasteiger partial charge in [0.2, 0.25) is 0 Å². The van der Waals surface area contributed by atoms with Crippen LogP contribution >= 0.6 is 0 Å². The van der Waals surface area contributed by atoms with Gasteiger partial charge in [0.25, 0.3) is 0 Å². The van der Waals surface area contributed by atoms with Crippen molar-refractivity contribution >= 4 is 18.4 Å². The number of aliphatic imine (C=N–C) groups is 1. The van der Waals surface area contributed by atoms with E-state index in [0.717, 1.165) is 11.1 Å². The molecule has 13 heavy (non-hydrogen) atoms. The summed E-state index contributed by atoms with van der Waals surface area (Å²) < 4.78 is 0. The van der Waals surface area contributed by atoms with E-state index < -0.39 is 0 Å². The molecule has 0 heterocycles. The Labute approximate surface area is 79.1 Å². The molecule has 1 nitrogen and oxygen atoms in total. The zero-order chi connectivity index (χ0) is 9.52. The highest BCUT2D eigenvalue weighted by Crippen LogP contribution is 2.11. The average Bonchev–Trinajstić information content (AvgIpc) is 2.19. The summed E-state index contributed by atoms with van der Waals surface area (Å²) in [6, 6.07) is 8.07. The van der Waals surface area contributed by atoms with Crippen LogP contribution in [0.4, 0.5) is 0 Å². The van der Waals surface area contributed by atoms with Crippen molar-refractivity contribution in [2.45, 2.75) is 6.92 Å². The van der Waals surface area contributed by atoms with E-state index in [-0.39, 0.29) is 0 Å². The number of hydrogen-bond acceptors (Lipinski definition) is 1. The first-order chi connectivity index (χ1) is 6.38. The van der Waals surface area contributed by atoms with Gasteiger partial charge in [0, 0.05) is 12.4 Å². The third-order valence-corrected chi connectivity index (χ3v) is 1.71. The van der Waals surface area contributed by atoms with Crippen LogP contribution in [0.5, 0.6) is 0 Å². The van der Waals surface area contributed by atoms with Gasteiger partial charge in [0.05, 0.1) is 0 Å². The second-order valence-corrected chi connectivity index (χ2v) is 2.56. The molecule has 0 fully saturated rings. The molecular formula is C12H13N. The number of rotatable bonds is 3. The Morgan fingerprint density at radius 2 is 1.92 bits per heavy atom. The summed E-state index contributed by atoms with van der Waals surface area (Å²) >= 11 is 0. The van der Waals surface area contributed by atoms with Crippen LogP contribution in [0.25, 0.3) is 12.2 Å². The van der Waals surface area contributed by atoms with Crippen molar-refractivity contribution in [3.8, 4) is 0 Å². The van der Waals surface area contributed by atoms with Crippen LogP contribution in [-0.2, 0) is 0 Å². The highest BCUT2D eigenvalue weighted by Gasteiger charge is 1.91. The smallest absolute Gasteiger partial charge is 0.0269 e. The van der Waals surface area contributed by atoms with Crippen molar-refractivity contribution in [1.29, 1.82) is 0 Å². The van der Waals surface area contributed by atoms with Crippen molar-refractivity contribution in [2.75, 3.05) is 0 Å². The van der Waals surface area contributed by atoms with Crippen LogP contribution in [0.1, 0.15) is 18.1 Å². The molecule has 0 atom stereocenters. The normalized spacial score (nSPS) is 11.2. The monoisotopic (exact) mass is 171 g/mol. The van der Waals surface area contributed by atoms with Gasteiger partial charge in [0.1, 0.15) is 0 Å². The minimum atomic E-state index is 1.13. The Hall–Kier alpha value is -1.63. The molecule has 0 spiro atoms. The van der Waals surface area contributed by atoms with E-state index in [4.69, 9.17) is 0 Å². The van der Waals surface area contributed by atoms with Gasteiger partial charge in [-0.2, -0.15) is 0 Å². The Kier molecular flexibility index (Phi) is 3.71. The lowest BCUT2D eigenvalue weighted by Gasteiger charge is -1.97. The fourth-order valence-corrected chi connectivity index (χ4v) is 1.06. The van der Waals surface area contributed by atoms with Gasteiger partial charge in [-0.25, -0.2) is 0 Å². The van der Waals surface area contributed by atoms with Gasteiger partial charge in [-0.3, -0.25) is 4.99 Å². The number of hydrogen-bond donors (Lipinski definition) is 0. The maximum atomic E-state index is 4.00. The Morgan fingerprint density at radius 1 is 1.23 bits per heavy atom. The second-order valence-electron chi connectivity index (χ2n) is 2.56. The van der Waals surface area contributed by atoms with Crippen molar-refractivity contribution in [3.05, 3.63) is 48.2 Å². The summed E-state index contributed by atoms with van der Waals surface area (Å²) in [7, 11) is 0. The Morgan fingerprint density at radius 3 is 2.54 bits per heavy atom. The largest absolute Gasteiger partial charge is 0.269 e. The molecule has 0 saturated heterocycles. The molecule has 0 amide bonds. The molecule has 0 aliphatic heterocycles. The topological polar surface area (TPSA) is 12.4 Å². The van der Waals surface area contributed by atoms with Gasteiger partial charge in [-0.05, 0) is 24.1 Å². The lowest BCUT2D eigenvalue weighted by atomic mass is 10.1. The molecule has 0 unspecified atom stereocenters. The fraction of sp³-hybridized carbons (Fsp3) is 0.0833. The van der Waals surface area contributed by atoms with Crippen LogP contribution in [0.2, 0.25) is 0 Å². The lowest BCUT2D eigenvalue weighted by Crippen LogP contribution is -1.77. The number of nitrogens with zero attached hydrogens (tertiary/aromatic N) is 1. The summed E-state index contributed by atoms with van der Waals surface area (Å²) in [6.45, 7) is 5.64. The van der Waals surface area contributed by atoms with E-state index >= 15 is 0 Å². The zero-order valence-corrected chi connectivity index (χ0v) is 7.77. The van der Waals surface area contributed by atoms with Gasteiger partial charge in [0.15, 0.2) is 0 Å². The molecule has 1 aromatic rings. The van der Waals surface area contributed by atoms with Crippen molar-refractivity contribution in [3.63, 3.8) is 0 Å². The zero-order valence-electron chi connectivity index (χ0n) is 7.77. The second kappa shape index (κ2) is 5.09. The SMILES string of the molecule is C=Cc1ccccc1/C=C\N=C\C. The molecular weight excluding hydrogens is 158 g/mol. The van der Waals surface area contributed by atoms with Crippen molar-refractivity contribution in [1.82, 2.24) is 0 Å². The molecule has 0 bridgehead atoms. The maximum Gasteiger partial charge on any atom is 0.0269 e. The van der Waals surface area contributed by atoms with Crippen LogP contribution in [0.15, 0.2) is 42.0 Å². The highest BCUT2D eigenvalue weighted by atomic mass is 14.6. The molecule has 1 rings (SSSR count). The summed E-state index contributed by atoms with van der Waals surface area (Å²) in [4.78, 5) is 4.00. The molecule has 1 heteroatoms. The van der Waals surface area contributed by atoms with Crippen molar-refractivity contribution in [2.24, 2.45) is 4.99 Å². The summed E-state index contributed by atoms with van der Waals surface area (Å²) in [5, 5.41) is 0. The molecule has 0 saturated carbocycles. The fourth-order valence-electron chi connectivity index (χ4n) is 1.06. The quantitative estimate of drug-likeness (QED) is 0.618. The van der Waals surface area contributed by atoms with Gasteiger partial charge < -0.3 is 0 Å². The van der Waals surface area contributed by atoms with Crippen LogP contribution in [-0.4, -0.2) is 6.21 Å². The standard InChI is InChI=1S/C12H13N/c1-3-11-7-5-6-8-12(11)9-10-13-4-2/h3-10H,1H2,2H3/b10-9-,13-4+. The van der Waals surface area contributed by atoms with Crippen LogP contribution < -0.4 is 0 Å².